The molecular formula is C27H26ClN3O4S. The van der Waals surface area contributed by atoms with Crippen LogP contribution in [-0.4, -0.2) is 50.1 Å². The minimum atomic E-state index is -0.410. The fraction of sp³-hybridized carbons (Fsp3) is 0.296. The van der Waals surface area contributed by atoms with Crippen LogP contribution >= 0.6 is 22.9 Å². The van der Waals surface area contributed by atoms with Crippen LogP contribution in [-0.2, 0) is 20.7 Å². The maximum atomic E-state index is 13.7. The molecule has 0 aliphatic carbocycles. The SMILES string of the molecule is Cc1cc(N2C[C@H](NC(=O)c3ccc(Cl)s3)[C@@H](Cc3ccccc3)C2=O)ccc1N1CCOCC1=O. The Bertz CT molecular complexity index is 1300. The van der Waals surface area contributed by atoms with E-state index in [1.54, 1.807) is 21.9 Å². The molecule has 36 heavy (non-hydrogen) atoms. The normalized spacial score (nSPS) is 20.2. The van der Waals surface area contributed by atoms with Crippen molar-refractivity contribution in [1.29, 1.82) is 0 Å². The molecule has 0 bridgehead atoms. The van der Waals surface area contributed by atoms with Crippen molar-refractivity contribution >= 4 is 52.0 Å². The van der Waals surface area contributed by atoms with E-state index in [9.17, 15) is 14.4 Å². The Kier molecular flexibility index (Phi) is 7.09. The van der Waals surface area contributed by atoms with Crippen LogP contribution < -0.4 is 15.1 Å². The van der Waals surface area contributed by atoms with E-state index in [-0.39, 0.29) is 30.4 Å². The lowest BCUT2D eigenvalue weighted by Crippen LogP contribution is -2.42. The van der Waals surface area contributed by atoms with Gasteiger partial charge in [-0.3, -0.25) is 14.4 Å². The van der Waals surface area contributed by atoms with Crippen molar-refractivity contribution in [2.75, 3.05) is 36.1 Å². The second-order valence-corrected chi connectivity index (χ2v) is 10.7. The van der Waals surface area contributed by atoms with Crippen LogP contribution in [0, 0.1) is 12.8 Å². The van der Waals surface area contributed by atoms with Gasteiger partial charge in [0, 0.05) is 24.5 Å². The maximum Gasteiger partial charge on any atom is 0.261 e. The molecule has 2 aromatic carbocycles. The van der Waals surface area contributed by atoms with Gasteiger partial charge in [0.2, 0.25) is 5.91 Å². The Morgan fingerprint density at radius 2 is 1.92 bits per heavy atom. The molecular weight excluding hydrogens is 498 g/mol. The van der Waals surface area contributed by atoms with Crippen molar-refractivity contribution in [3.05, 3.63) is 81.0 Å². The quantitative estimate of drug-likeness (QED) is 0.528. The van der Waals surface area contributed by atoms with E-state index >= 15 is 0 Å². The van der Waals surface area contributed by atoms with Crippen molar-refractivity contribution < 1.29 is 19.1 Å². The zero-order valence-corrected chi connectivity index (χ0v) is 21.3. The Balaban J connectivity index is 1.40. The second-order valence-electron chi connectivity index (χ2n) is 9.00. The van der Waals surface area contributed by atoms with E-state index in [2.05, 4.69) is 5.32 Å². The average Bonchev–Trinajstić information content (AvgIpc) is 3.44. The molecule has 0 unspecified atom stereocenters. The molecule has 7 nitrogen and oxygen atoms in total. The average molecular weight is 524 g/mol. The van der Waals surface area contributed by atoms with Crippen molar-refractivity contribution in [1.82, 2.24) is 5.32 Å². The van der Waals surface area contributed by atoms with Gasteiger partial charge in [-0.15, -0.1) is 11.3 Å². The second kappa shape index (κ2) is 10.4. The van der Waals surface area contributed by atoms with Crippen LogP contribution in [0.25, 0.3) is 0 Å². The van der Waals surface area contributed by atoms with Gasteiger partial charge in [-0.05, 0) is 54.8 Å². The first-order valence-electron chi connectivity index (χ1n) is 11.8. The van der Waals surface area contributed by atoms with Gasteiger partial charge >= 0.3 is 0 Å². The van der Waals surface area contributed by atoms with Gasteiger partial charge in [-0.1, -0.05) is 41.9 Å². The number of nitrogens with one attached hydrogen (secondary N) is 1. The van der Waals surface area contributed by atoms with E-state index in [0.29, 0.717) is 35.3 Å². The molecule has 2 aliphatic heterocycles. The summed E-state index contributed by atoms with van der Waals surface area (Å²) in [4.78, 5) is 42.9. The monoisotopic (exact) mass is 523 g/mol. The molecule has 186 valence electrons. The summed E-state index contributed by atoms with van der Waals surface area (Å²) in [6, 6.07) is 18.5. The number of aryl methyl sites for hydroxylation is 1. The van der Waals surface area contributed by atoms with Gasteiger partial charge in [0.25, 0.3) is 11.8 Å². The van der Waals surface area contributed by atoms with Crippen molar-refractivity contribution in [2.45, 2.75) is 19.4 Å². The van der Waals surface area contributed by atoms with Gasteiger partial charge in [0.15, 0.2) is 0 Å². The highest BCUT2D eigenvalue weighted by atomic mass is 35.5. The summed E-state index contributed by atoms with van der Waals surface area (Å²) < 4.78 is 5.79. The fourth-order valence-corrected chi connectivity index (χ4v) is 5.77. The smallest absolute Gasteiger partial charge is 0.261 e. The number of anilines is 2. The third-order valence-corrected chi connectivity index (χ3v) is 7.86. The number of hydrogen-bond donors (Lipinski definition) is 1. The molecule has 2 aliphatic rings. The number of nitrogens with zero attached hydrogens (tertiary/aromatic N) is 2. The van der Waals surface area contributed by atoms with Crippen LogP contribution in [0.5, 0.6) is 0 Å². The Morgan fingerprint density at radius 3 is 2.61 bits per heavy atom. The third kappa shape index (κ3) is 5.02. The zero-order chi connectivity index (χ0) is 25.2. The van der Waals surface area contributed by atoms with Crippen molar-refractivity contribution in [2.24, 2.45) is 5.92 Å². The van der Waals surface area contributed by atoms with Crippen molar-refractivity contribution in [3.8, 4) is 0 Å². The summed E-state index contributed by atoms with van der Waals surface area (Å²) in [5.74, 6) is -0.758. The molecule has 2 atom stereocenters. The molecule has 2 saturated heterocycles. The Morgan fingerprint density at radius 1 is 1.11 bits per heavy atom. The van der Waals surface area contributed by atoms with Crippen LogP contribution in [0.15, 0.2) is 60.7 Å². The highest BCUT2D eigenvalue weighted by molar-refractivity contribution is 7.18. The molecule has 9 heteroatoms. The number of carbonyl (C=O) groups is 3. The minimum absolute atomic E-state index is 0.0389. The van der Waals surface area contributed by atoms with Crippen LogP contribution in [0.4, 0.5) is 11.4 Å². The van der Waals surface area contributed by atoms with Gasteiger partial charge < -0.3 is 19.9 Å². The van der Waals surface area contributed by atoms with E-state index in [1.165, 1.54) is 11.3 Å². The molecule has 3 heterocycles. The highest BCUT2D eigenvalue weighted by Crippen LogP contribution is 2.32. The summed E-state index contributed by atoms with van der Waals surface area (Å²) in [7, 11) is 0. The molecule has 0 saturated carbocycles. The predicted molar refractivity (Wildman–Crippen MR) is 141 cm³/mol. The number of morpholine rings is 1. The molecule has 0 radical (unpaired) electrons. The van der Waals surface area contributed by atoms with E-state index in [4.69, 9.17) is 16.3 Å². The number of hydrogen-bond acceptors (Lipinski definition) is 5. The third-order valence-electron chi connectivity index (χ3n) is 6.63. The van der Waals surface area contributed by atoms with E-state index < -0.39 is 5.92 Å². The van der Waals surface area contributed by atoms with Crippen LogP contribution in [0.1, 0.15) is 20.8 Å². The molecule has 1 N–H and O–H groups in total. The maximum absolute atomic E-state index is 13.7. The summed E-state index contributed by atoms with van der Waals surface area (Å²) in [6.45, 7) is 3.36. The Labute approximate surface area is 218 Å². The molecule has 0 spiro atoms. The minimum Gasteiger partial charge on any atom is -0.370 e. The number of amides is 3. The van der Waals surface area contributed by atoms with E-state index in [1.807, 2.05) is 55.5 Å². The number of thiophene rings is 1. The molecule has 2 fully saturated rings. The summed E-state index contributed by atoms with van der Waals surface area (Å²) in [5, 5.41) is 3.08. The molecule has 3 amide bonds. The number of benzene rings is 2. The van der Waals surface area contributed by atoms with Crippen LogP contribution in [0.3, 0.4) is 0 Å². The number of halogens is 1. The summed E-state index contributed by atoms with van der Waals surface area (Å²) in [5.41, 5.74) is 3.50. The lowest BCUT2D eigenvalue weighted by atomic mass is 9.94. The van der Waals surface area contributed by atoms with E-state index in [0.717, 1.165) is 22.5 Å². The fourth-order valence-electron chi connectivity index (χ4n) is 4.82. The number of rotatable bonds is 6. The first kappa shape index (κ1) is 24.5. The topological polar surface area (TPSA) is 79.0 Å². The van der Waals surface area contributed by atoms with Gasteiger partial charge in [-0.25, -0.2) is 0 Å². The zero-order valence-electron chi connectivity index (χ0n) is 19.8. The Hall–Kier alpha value is -3.20. The standard InChI is InChI=1S/C27H26ClN3O4S/c1-17-13-19(7-8-22(17)30-11-12-35-16-25(30)32)31-15-21(29-26(33)23-9-10-24(28)36-23)20(27(31)34)14-18-5-3-2-4-6-18/h2-10,13,20-21H,11-12,14-16H2,1H3,(H,29,33)/t20-,21+/m1/s1. The van der Waals surface area contributed by atoms with Crippen LogP contribution in [0.2, 0.25) is 4.34 Å². The lowest BCUT2D eigenvalue weighted by molar-refractivity contribution is -0.125. The summed E-state index contributed by atoms with van der Waals surface area (Å²) in [6.07, 6.45) is 0.520. The molecule has 1 aromatic heterocycles. The summed E-state index contributed by atoms with van der Waals surface area (Å²) >= 11 is 7.23. The van der Waals surface area contributed by atoms with Gasteiger partial charge in [0.05, 0.1) is 27.8 Å². The first-order chi connectivity index (χ1) is 17.4. The molecule has 5 rings (SSSR count). The first-order valence-corrected chi connectivity index (χ1v) is 13.0. The van der Waals surface area contributed by atoms with Crippen molar-refractivity contribution in [3.63, 3.8) is 0 Å². The molecule has 3 aromatic rings. The number of ether oxygens (including phenoxy) is 1. The predicted octanol–water partition coefficient (Wildman–Crippen LogP) is 4.08. The number of carbonyl (C=O) groups excluding carboxylic acids is 3. The largest absolute Gasteiger partial charge is 0.370 e. The van der Waals surface area contributed by atoms with Gasteiger partial charge in [-0.2, -0.15) is 0 Å². The highest BCUT2D eigenvalue weighted by Gasteiger charge is 2.42. The van der Waals surface area contributed by atoms with Gasteiger partial charge in [0.1, 0.15) is 6.61 Å². The lowest BCUT2D eigenvalue weighted by Gasteiger charge is -2.29.